The molecule has 3 rings (SSSR count). The summed E-state index contributed by atoms with van der Waals surface area (Å²) in [6.45, 7) is 6.11. The van der Waals surface area contributed by atoms with Gasteiger partial charge in [-0.15, -0.1) is 0 Å². The van der Waals surface area contributed by atoms with E-state index in [1.807, 2.05) is 19.1 Å². The van der Waals surface area contributed by atoms with Crippen LogP contribution in [0.4, 0.5) is 11.5 Å². The minimum Gasteiger partial charge on any atom is -0.356 e. The molecule has 1 aliphatic rings. The molecule has 23 heavy (non-hydrogen) atoms. The Morgan fingerprint density at radius 2 is 2.09 bits per heavy atom. The molecular weight excluding hydrogens is 288 g/mol. The van der Waals surface area contributed by atoms with Gasteiger partial charge in [0, 0.05) is 18.8 Å². The van der Waals surface area contributed by atoms with Gasteiger partial charge in [0.25, 0.3) is 5.91 Å². The van der Waals surface area contributed by atoms with Crippen LogP contribution in [0.15, 0.2) is 30.5 Å². The lowest BCUT2D eigenvalue weighted by Gasteiger charge is -2.32. The number of carbonyl (C=O) groups is 1. The van der Waals surface area contributed by atoms with Crippen LogP contribution in [-0.2, 0) is 0 Å². The van der Waals surface area contributed by atoms with Gasteiger partial charge in [0.15, 0.2) is 0 Å². The number of nitrogens with zero attached hydrogens (tertiary/aromatic N) is 3. The van der Waals surface area contributed by atoms with Crippen LogP contribution in [0.2, 0.25) is 0 Å². The fourth-order valence-electron chi connectivity index (χ4n) is 2.77. The first-order valence-corrected chi connectivity index (χ1v) is 7.99. The monoisotopic (exact) mass is 309 g/mol. The zero-order valence-corrected chi connectivity index (χ0v) is 13.5. The van der Waals surface area contributed by atoms with Gasteiger partial charge < -0.3 is 10.2 Å². The van der Waals surface area contributed by atoms with E-state index in [9.17, 15) is 4.79 Å². The normalized spacial score (nSPS) is 15.5. The van der Waals surface area contributed by atoms with Crippen LogP contribution in [-0.4, -0.2) is 29.0 Å². The summed E-state index contributed by atoms with van der Waals surface area (Å²) in [5.74, 6) is 1.36. The van der Waals surface area contributed by atoms with Crippen LogP contribution < -0.4 is 10.2 Å². The number of piperidine rings is 1. The summed E-state index contributed by atoms with van der Waals surface area (Å²) < 4.78 is 0. The summed E-state index contributed by atoms with van der Waals surface area (Å²) >= 11 is 0. The zero-order chi connectivity index (χ0) is 16.2. The van der Waals surface area contributed by atoms with E-state index >= 15 is 0 Å². The highest BCUT2D eigenvalue weighted by Crippen LogP contribution is 2.25. The molecule has 0 unspecified atom stereocenters. The van der Waals surface area contributed by atoms with Crippen molar-refractivity contribution >= 4 is 17.4 Å². The van der Waals surface area contributed by atoms with Crippen LogP contribution in [0.5, 0.6) is 0 Å². The van der Waals surface area contributed by atoms with Gasteiger partial charge in [-0.25, -0.2) is 4.98 Å². The second-order valence-electron chi connectivity index (χ2n) is 6.12. The highest BCUT2D eigenvalue weighted by molar-refractivity contribution is 6.07. The number of hydrogen-bond donors (Lipinski definition) is 1. The lowest BCUT2D eigenvalue weighted by Crippen LogP contribution is -2.35. The van der Waals surface area contributed by atoms with E-state index in [1.165, 1.54) is 0 Å². The average Bonchev–Trinajstić information content (AvgIpc) is 2.56. The SMILES string of the molecule is Cc1ccc(C(=O)Nc2cc[c]nc2)c(N2CCC(C)CC2)n1. The van der Waals surface area contributed by atoms with Crippen LogP contribution in [0.1, 0.15) is 35.8 Å². The Hall–Kier alpha value is -2.43. The van der Waals surface area contributed by atoms with Crippen molar-refractivity contribution in [2.75, 3.05) is 23.3 Å². The largest absolute Gasteiger partial charge is 0.356 e. The smallest absolute Gasteiger partial charge is 0.259 e. The second-order valence-corrected chi connectivity index (χ2v) is 6.12. The highest BCUT2D eigenvalue weighted by Gasteiger charge is 2.22. The maximum absolute atomic E-state index is 12.6. The van der Waals surface area contributed by atoms with E-state index in [0.29, 0.717) is 11.3 Å². The quantitative estimate of drug-likeness (QED) is 0.946. The predicted molar refractivity (Wildman–Crippen MR) is 90.6 cm³/mol. The lowest BCUT2D eigenvalue weighted by molar-refractivity contribution is 0.102. The molecule has 119 valence electrons. The molecule has 5 heteroatoms. The van der Waals surface area contributed by atoms with Crippen LogP contribution >= 0.6 is 0 Å². The molecule has 1 radical (unpaired) electrons. The van der Waals surface area contributed by atoms with Crippen molar-refractivity contribution in [3.05, 3.63) is 47.9 Å². The van der Waals surface area contributed by atoms with E-state index < -0.39 is 0 Å². The lowest BCUT2D eigenvalue weighted by atomic mass is 9.99. The predicted octanol–water partition coefficient (Wildman–Crippen LogP) is 3.07. The summed E-state index contributed by atoms with van der Waals surface area (Å²) in [6.07, 6.45) is 6.55. The van der Waals surface area contributed by atoms with E-state index in [1.54, 1.807) is 18.3 Å². The Morgan fingerprint density at radius 3 is 2.78 bits per heavy atom. The summed E-state index contributed by atoms with van der Waals surface area (Å²) in [4.78, 5) is 23.4. The van der Waals surface area contributed by atoms with Gasteiger partial charge in [-0.1, -0.05) is 6.92 Å². The topological polar surface area (TPSA) is 58.1 Å². The molecule has 2 aromatic rings. The molecule has 3 heterocycles. The van der Waals surface area contributed by atoms with Gasteiger partial charge in [-0.05, 0) is 49.9 Å². The third-order valence-corrected chi connectivity index (χ3v) is 4.22. The molecule has 0 bridgehead atoms. The molecule has 2 aromatic heterocycles. The Labute approximate surface area is 136 Å². The summed E-state index contributed by atoms with van der Waals surface area (Å²) in [5, 5.41) is 2.88. The number of aromatic nitrogens is 2. The van der Waals surface area contributed by atoms with E-state index in [2.05, 4.69) is 33.3 Å². The van der Waals surface area contributed by atoms with Gasteiger partial charge in [0.05, 0.1) is 23.6 Å². The van der Waals surface area contributed by atoms with Crippen molar-refractivity contribution < 1.29 is 4.79 Å². The first-order chi connectivity index (χ1) is 11.1. The van der Waals surface area contributed by atoms with Crippen LogP contribution in [0.3, 0.4) is 0 Å². The number of rotatable bonds is 3. The Kier molecular flexibility index (Phi) is 4.55. The van der Waals surface area contributed by atoms with Gasteiger partial charge in [0.2, 0.25) is 0 Å². The maximum atomic E-state index is 12.6. The van der Waals surface area contributed by atoms with Crippen molar-refractivity contribution in [3.63, 3.8) is 0 Å². The Balaban J connectivity index is 1.85. The molecule has 1 amide bonds. The fraction of sp³-hybridized carbons (Fsp3) is 0.389. The van der Waals surface area contributed by atoms with E-state index in [4.69, 9.17) is 0 Å². The molecule has 0 saturated carbocycles. The van der Waals surface area contributed by atoms with Gasteiger partial charge >= 0.3 is 0 Å². The average molecular weight is 309 g/mol. The van der Waals surface area contributed by atoms with Gasteiger partial charge in [0.1, 0.15) is 5.82 Å². The molecule has 0 atom stereocenters. The fourth-order valence-corrected chi connectivity index (χ4v) is 2.77. The number of aryl methyl sites for hydroxylation is 1. The standard InChI is InChI=1S/C18H21N4O/c1-13-7-10-22(11-8-13)17-16(6-5-14(2)20-17)18(23)21-15-4-3-9-19-12-15/h3-6,12-13H,7-8,10-11H2,1-2H3,(H,21,23). The van der Waals surface area contributed by atoms with E-state index in [-0.39, 0.29) is 5.91 Å². The number of hydrogen-bond acceptors (Lipinski definition) is 4. The minimum absolute atomic E-state index is 0.154. The first-order valence-electron chi connectivity index (χ1n) is 7.99. The Morgan fingerprint density at radius 1 is 1.30 bits per heavy atom. The molecule has 0 aromatic carbocycles. The molecule has 1 aliphatic heterocycles. The number of carbonyl (C=O) groups excluding carboxylic acids is 1. The van der Waals surface area contributed by atoms with Gasteiger partial charge in [-0.3, -0.25) is 9.78 Å². The van der Waals surface area contributed by atoms with Crippen LogP contribution in [0.25, 0.3) is 0 Å². The molecular formula is C18H21N4O. The van der Waals surface area contributed by atoms with Gasteiger partial charge in [-0.2, -0.15) is 0 Å². The Bertz CT molecular complexity index is 679. The molecule has 1 N–H and O–H groups in total. The molecule has 0 aliphatic carbocycles. The summed E-state index contributed by atoms with van der Waals surface area (Å²) in [6, 6.07) is 7.18. The van der Waals surface area contributed by atoms with Crippen molar-refractivity contribution in [2.45, 2.75) is 26.7 Å². The molecule has 0 spiro atoms. The number of nitrogens with one attached hydrogen (secondary N) is 1. The zero-order valence-electron chi connectivity index (χ0n) is 13.5. The third kappa shape index (κ3) is 3.67. The summed E-state index contributed by atoms with van der Waals surface area (Å²) in [5.41, 5.74) is 2.19. The van der Waals surface area contributed by atoms with Crippen LogP contribution in [0, 0.1) is 19.0 Å². The maximum Gasteiger partial charge on any atom is 0.259 e. The summed E-state index contributed by atoms with van der Waals surface area (Å²) in [7, 11) is 0. The van der Waals surface area contributed by atoms with E-state index in [0.717, 1.165) is 43.4 Å². The molecule has 1 saturated heterocycles. The number of amides is 1. The van der Waals surface area contributed by atoms with Crippen molar-refractivity contribution in [1.82, 2.24) is 9.97 Å². The van der Waals surface area contributed by atoms with Crippen molar-refractivity contribution in [1.29, 1.82) is 0 Å². The first kappa shape index (κ1) is 15.5. The third-order valence-electron chi connectivity index (χ3n) is 4.22. The van der Waals surface area contributed by atoms with Crippen molar-refractivity contribution in [2.24, 2.45) is 5.92 Å². The number of anilines is 2. The second kappa shape index (κ2) is 6.77. The highest BCUT2D eigenvalue weighted by atomic mass is 16.1. The molecule has 5 nitrogen and oxygen atoms in total. The van der Waals surface area contributed by atoms with Crippen molar-refractivity contribution in [3.8, 4) is 0 Å². The molecule has 1 fully saturated rings. The number of pyridine rings is 2. The minimum atomic E-state index is -0.154.